The molecule has 1 aromatic carbocycles. The Kier molecular flexibility index (Phi) is 5.21. The quantitative estimate of drug-likeness (QED) is 0.703. The second-order valence-electron chi connectivity index (χ2n) is 4.96. The minimum atomic E-state index is -0.0532. The van der Waals surface area contributed by atoms with E-state index in [9.17, 15) is 4.79 Å². The van der Waals surface area contributed by atoms with Crippen molar-refractivity contribution < 1.29 is 9.53 Å². The maximum atomic E-state index is 12.1. The van der Waals surface area contributed by atoms with Gasteiger partial charge in [0.05, 0.1) is 12.2 Å². The third-order valence-corrected chi connectivity index (χ3v) is 3.19. The van der Waals surface area contributed by atoms with Crippen molar-refractivity contribution in [2.45, 2.75) is 19.3 Å². The van der Waals surface area contributed by atoms with Crippen LogP contribution in [0.4, 0.5) is 0 Å². The number of para-hydroxylation sites is 1. The number of amides is 1. The van der Waals surface area contributed by atoms with Gasteiger partial charge in [-0.1, -0.05) is 12.1 Å². The number of hydrogen-bond donors (Lipinski definition) is 2. The normalized spacial score (nSPS) is 14.2. The second kappa shape index (κ2) is 7.14. The van der Waals surface area contributed by atoms with Gasteiger partial charge in [0.2, 0.25) is 0 Å². The highest BCUT2D eigenvalue weighted by Crippen LogP contribution is 2.30. The molecule has 0 heterocycles. The molecule has 0 spiro atoms. The molecule has 0 saturated heterocycles. The molecule has 4 nitrogen and oxygen atoms in total. The topological polar surface area (TPSA) is 50.4 Å². The molecule has 0 atom stereocenters. The van der Waals surface area contributed by atoms with E-state index in [4.69, 9.17) is 4.74 Å². The van der Waals surface area contributed by atoms with E-state index in [0.29, 0.717) is 23.8 Å². The fourth-order valence-electron chi connectivity index (χ4n) is 1.83. The van der Waals surface area contributed by atoms with Crippen LogP contribution in [0.2, 0.25) is 0 Å². The Balaban J connectivity index is 1.87. The number of hydrogen-bond acceptors (Lipinski definition) is 3. The summed E-state index contributed by atoms with van der Waals surface area (Å²) >= 11 is 0. The molecule has 0 unspecified atom stereocenters. The summed E-state index contributed by atoms with van der Waals surface area (Å²) in [5.74, 6) is 1.33. The monoisotopic (exact) mass is 262 g/mol. The molecule has 0 aliphatic heterocycles. The van der Waals surface area contributed by atoms with Crippen LogP contribution in [0, 0.1) is 5.92 Å². The average molecular weight is 262 g/mol. The zero-order valence-corrected chi connectivity index (χ0v) is 11.4. The van der Waals surface area contributed by atoms with Gasteiger partial charge in [0.25, 0.3) is 5.91 Å². The van der Waals surface area contributed by atoms with Gasteiger partial charge in [-0.15, -0.1) is 0 Å². The molecule has 1 aromatic rings. The van der Waals surface area contributed by atoms with Crippen molar-refractivity contribution in [1.82, 2.24) is 10.6 Å². The fraction of sp³-hybridized carbons (Fsp3) is 0.533. The lowest BCUT2D eigenvalue weighted by Gasteiger charge is -2.11. The number of carbonyl (C=O) groups excluding carboxylic acids is 1. The van der Waals surface area contributed by atoms with E-state index in [1.807, 2.05) is 31.3 Å². The van der Waals surface area contributed by atoms with E-state index in [-0.39, 0.29) is 5.91 Å². The average Bonchev–Trinajstić information content (AvgIpc) is 3.25. The van der Waals surface area contributed by atoms with Gasteiger partial charge < -0.3 is 15.4 Å². The Morgan fingerprint density at radius 1 is 1.32 bits per heavy atom. The summed E-state index contributed by atoms with van der Waals surface area (Å²) in [5, 5.41) is 5.97. The third-order valence-electron chi connectivity index (χ3n) is 3.19. The molecule has 0 bridgehead atoms. The van der Waals surface area contributed by atoms with E-state index < -0.39 is 0 Å². The van der Waals surface area contributed by atoms with Gasteiger partial charge in [-0.25, -0.2) is 0 Å². The Morgan fingerprint density at radius 3 is 2.84 bits per heavy atom. The third kappa shape index (κ3) is 4.56. The molecule has 0 aromatic heterocycles. The molecular weight excluding hydrogens is 240 g/mol. The standard InChI is InChI=1S/C15H22N2O2/c1-16-9-4-10-17-15(18)13-5-2-3-6-14(13)19-11-12-7-8-12/h2-3,5-6,12,16H,4,7-11H2,1H3,(H,17,18). The minimum absolute atomic E-state index is 0.0532. The highest BCUT2D eigenvalue weighted by Gasteiger charge is 2.22. The summed E-state index contributed by atoms with van der Waals surface area (Å²) in [6, 6.07) is 7.45. The highest BCUT2D eigenvalue weighted by molar-refractivity contribution is 5.96. The van der Waals surface area contributed by atoms with Crippen LogP contribution in [0.1, 0.15) is 29.6 Å². The van der Waals surface area contributed by atoms with Crippen LogP contribution in [0.25, 0.3) is 0 Å². The molecule has 1 fully saturated rings. The summed E-state index contributed by atoms with van der Waals surface area (Å²) in [6.45, 7) is 2.31. The van der Waals surface area contributed by atoms with Gasteiger partial charge >= 0.3 is 0 Å². The molecule has 4 heteroatoms. The highest BCUT2D eigenvalue weighted by atomic mass is 16.5. The minimum Gasteiger partial charge on any atom is -0.492 e. The molecule has 1 aliphatic rings. The predicted molar refractivity (Wildman–Crippen MR) is 75.5 cm³/mol. The van der Waals surface area contributed by atoms with Gasteiger partial charge in [-0.3, -0.25) is 4.79 Å². The van der Waals surface area contributed by atoms with Crippen LogP contribution < -0.4 is 15.4 Å². The first-order valence-corrected chi connectivity index (χ1v) is 6.96. The van der Waals surface area contributed by atoms with Crippen LogP contribution in [-0.2, 0) is 0 Å². The Bertz CT molecular complexity index is 416. The lowest BCUT2D eigenvalue weighted by atomic mass is 10.2. The summed E-state index contributed by atoms with van der Waals surface area (Å²) in [5.41, 5.74) is 0.632. The maximum Gasteiger partial charge on any atom is 0.255 e. The molecule has 19 heavy (non-hydrogen) atoms. The van der Waals surface area contributed by atoms with Crippen molar-refractivity contribution in [2.75, 3.05) is 26.7 Å². The number of benzene rings is 1. The molecule has 1 saturated carbocycles. The Hall–Kier alpha value is -1.55. The zero-order chi connectivity index (χ0) is 13.5. The van der Waals surface area contributed by atoms with Crippen molar-refractivity contribution in [3.8, 4) is 5.75 Å². The summed E-state index contributed by atoms with van der Waals surface area (Å²) in [6.07, 6.45) is 3.42. The van der Waals surface area contributed by atoms with Crippen molar-refractivity contribution in [3.63, 3.8) is 0 Å². The van der Waals surface area contributed by atoms with Crippen LogP contribution in [0.5, 0.6) is 5.75 Å². The smallest absolute Gasteiger partial charge is 0.255 e. The van der Waals surface area contributed by atoms with Crippen LogP contribution >= 0.6 is 0 Å². The second-order valence-corrected chi connectivity index (χ2v) is 4.96. The van der Waals surface area contributed by atoms with Crippen molar-refractivity contribution >= 4 is 5.91 Å². The first-order valence-electron chi connectivity index (χ1n) is 6.96. The van der Waals surface area contributed by atoms with Crippen LogP contribution in [0.3, 0.4) is 0 Å². The molecule has 1 aliphatic carbocycles. The van der Waals surface area contributed by atoms with Gasteiger partial charge in [0, 0.05) is 6.54 Å². The maximum absolute atomic E-state index is 12.1. The van der Waals surface area contributed by atoms with E-state index in [2.05, 4.69) is 10.6 Å². The van der Waals surface area contributed by atoms with Gasteiger partial charge in [0.1, 0.15) is 5.75 Å². The van der Waals surface area contributed by atoms with Crippen molar-refractivity contribution in [1.29, 1.82) is 0 Å². The van der Waals surface area contributed by atoms with Gasteiger partial charge in [0.15, 0.2) is 0 Å². The number of carbonyl (C=O) groups is 1. The van der Waals surface area contributed by atoms with Crippen molar-refractivity contribution in [2.24, 2.45) is 5.92 Å². The summed E-state index contributed by atoms with van der Waals surface area (Å²) in [4.78, 5) is 12.1. The van der Waals surface area contributed by atoms with Gasteiger partial charge in [-0.05, 0) is 50.9 Å². The largest absolute Gasteiger partial charge is 0.492 e. The summed E-state index contributed by atoms with van der Waals surface area (Å²) in [7, 11) is 1.91. The summed E-state index contributed by atoms with van der Waals surface area (Å²) < 4.78 is 5.74. The molecule has 2 N–H and O–H groups in total. The van der Waals surface area contributed by atoms with Crippen LogP contribution in [-0.4, -0.2) is 32.7 Å². The molecule has 2 rings (SSSR count). The number of ether oxygens (including phenoxy) is 1. The first-order chi connectivity index (χ1) is 9.31. The lowest BCUT2D eigenvalue weighted by molar-refractivity contribution is 0.0949. The first kappa shape index (κ1) is 13.9. The Labute approximate surface area is 114 Å². The Morgan fingerprint density at radius 2 is 2.11 bits per heavy atom. The number of rotatable bonds is 8. The SMILES string of the molecule is CNCCCNC(=O)c1ccccc1OCC1CC1. The molecular formula is C15H22N2O2. The molecule has 0 radical (unpaired) electrons. The van der Waals surface area contributed by atoms with E-state index in [1.54, 1.807) is 0 Å². The molecule has 104 valence electrons. The fourth-order valence-corrected chi connectivity index (χ4v) is 1.83. The van der Waals surface area contributed by atoms with E-state index >= 15 is 0 Å². The molecule has 1 amide bonds. The van der Waals surface area contributed by atoms with Crippen LogP contribution in [0.15, 0.2) is 24.3 Å². The lowest BCUT2D eigenvalue weighted by Crippen LogP contribution is -2.27. The van der Waals surface area contributed by atoms with E-state index in [1.165, 1.54) is 12.8 Å². The van der Waals surface area contributed by atoms with E-state index in [0.717, 1.165) is 19.6 Å². The van der Waals surface area contributed by atoms with Crippen molar-refractivity contribution in [3.05, 3.63) is 29.8 Å². The zero-order valence-electron chi connectivity index (χ0n) is 11.4. The predicted octanol–water partition coefficient (Wildman–Crippen LogP) is 1.81. The number of nitrogens with one attached hydrogen (secondary N) is 2. The van der Waals surface area contributed by atoms with Gasteiger partial charge in [-0.2, -0.15) is 0 Å².